The highest BCUT2D eigenvalue weighted by atomic mass is 32.1. The summed E-state index contributed by atoms with van der Waals surface area (Å²) in [5.74, 6) is 0.815. The number of aromatic amines is 1. The first-order valence-corrected chi connectivity index (χ1v) is 10.1. The fourth-order valence-electron chi connectivity index (χ4n) is 3.28. The molecule has 0 amide bonds. The van der Waals surface area contributed by atoms with Crippen molar-refractivity contribution in [2.24, 2.45) is 10.1 Å². The number of nitrogens with zero attached hydrogens (tertiary/aromatic N) is 3. The number of ether oxygens (including phenoxy) is 1. The first-order valence-electron chi connectivity index (χ1n) is 9.19. The molecule has 2 heterocycles. The number of aromatic nitrogens is 2. The third-order valence-corrected chi connectivity index (χ3v) is 5.46. The second-order valence-corrected chi connectivity index (χ2v) is 7.18. The number of fused-ring (bicyclic) bond motifs is 1. The molecule has 0 radical (unpaired) electrons. The van der Waals surface area contributed by atoms with Gasteiger partial charge in [-0.05, 0) is 32.0 Å². The number of thiazole rings is 1. The van der Waals surface area contributed by atoms with Crippen LogP contribution in [0.1, 0.15) is 18.2 Å². The van der Waals surface area contributed by atoms with Gasteiger partial charge >= 0.3 is 0 Å². The lowest BCUT2D eigenvalue weighted by Gasteiger charge is -2.08. The van der Waals surface area contributed by atoms with Crippen LogP contribution >= 0.6 is 11.3 Å². The fraction of sp³-hybridized carbons (Fsp3) is 0.182. The van der Waals surface area contributed by atoms with Crippen LogP contribution in [0.4, 0.5) is 0 Å². The Morgan fingerprint density at radius 1 is 1.14 bits per heavy atom. The summed E-state index contributed by atoms with van der Waals surface area (Å²) in [6.07, 6.45) is 1.91. The SMILES string of the molecule is CCN=c1scc(-c2ccccc2OC)n1N=Cc1c(C)[nH]c2ccccc12. The van der Waals surface area contributed by atoms with Crippen LogP contribution in [0.2, 0.25) is 0 Å². The first kappa shape index (κ1) is 18.3. The molecule has 0 saturated carbocycles. The monoisotopic (exact) mass is 390 g/mol. The number of methoxy groups -OCH3 is 1. The Hall–Kier alpha value is -3.12. The third kappa shape index (κ3) is 3.27. The second kappa shape index (κ2) is 7.86. The standard InChI is InChI=1S/C22H22N4OS/c1-4-23-22-26(20(14-28-22)17-10-6-8-12-21(17)27-3)24-13-18-15(2)25-19-11-7-5-9-16(18)19/h5-14,25H,4H2,1-3H3. The van der Waals surface area contributed by atoms with Crippen LogP contribution in [0.25, 0.3) is 22.2 Å². The predicted octanol–water partition coefficient (Wildman–Crippen LogP) is 4.82. The summed E-state index contributed by atoms with van der Waals surface area (Å²) < 4.78 is 7.45. The highest BCUT2D eigenvalue weighted by Crippen LogP contribution is 2.30. The summed E-state index contributed by atoms with van der Waals surface area (Å²) in [4.78, 5) is 8.89. The van der Waals surface area contributed by atoms with Crippen LogP contribution in [0, 0.1) is 6.92 Å². The Morgan fingerprint density at radius 2 is 1.93 bits per heavy atom. The highest BCUT2D eigenvalue weighted by molar-refractivity contribution is 7.07. The summed E-state index contributed by atoms with van der Waals surface area (Å²) in [5, 5.41) is 8.06. The molecule has 0 aliphatic rings. The van der Waals surface area contributed by atoms with Crippen molar-refractivity contribution in [3.63, 3.8) is 0 Å². The van der Waals surface area contributed by atoms with Crippen molar-refractivity contribution in [2.45, 2.75) is 13.8 Å². The van der Waals surface area contributed by atoms with Crippen LogP contribution in [0.5, 0.6) is 5.75 Å². The van der Waals surface area contributed by atoms with Crippen molar-refractivity contribution >= 4 is 28.5 Å². The molecule has 5 nitrogen and oxygen atoms in total. The van der Waals surface area contributed by atoms with Crippen molar-refractivity contribution in [1.29, 1.82) is 0 Å². The van der Waals surface area contributed by atoms with E-state index in [1.807, 2.05) is 54.2 Å². The van der Waals surface area contributed by atoms with Gasteiger partial charge < -0.3 is 9.72 Å². The van der Waals surface area contributed by atoms with E-state index in [-0.39, 0.29) is 0 Å². The Bertz CT molecular complexity index is 1210. The van der Waals surface area contributed by atoms with Gasteiger partial charge in [-0.3, -0.25) is 4.99 Å². The second-order valence-electron chi connectivity index (χ2n) is 6.34. The fourth-order valence-corrected chi connectivity index (χ4v) is 4.17. The Balaban J connectivity index is 1.87. The van der Waals surface area contributed by atoms with Gasteiger partial charge in [0.05, 0.1) is 19.0 Å². The molecule has 28 heavy (non-hydrogen) atoms. The molecule has 0 atom stereocenters. The number of rotatable bonds is 5. The Kier molecular flexibility index (Phi) is 5.12. The summed E-state index contributed by atoms with van der Waals surface area (Å²) >= 11 is 1.58. The molecule has 0 aliphatic carbocycles. The van der Waals surface area contributed by atoms with Crippen LogP contribution < -0.4 is 9.54 Å². The highest BCUT2D eigenvalue weighted by Gasteiger charge is 2.12. The predicted molar refractivity (Wildman–Crippen MR) is 116 cm³/mol. The average molecular weight is 391 g/mol. The van der Waals surface area contributed by atoms with Crippen molar-refractivity contribution in [3.05, 3.63) is 70.0 Å². The molecule has 142 valence electrons. The molecule has 4 aromatic rings. The number of hydrogen-bond donors (Lipinski definition) is 1. The zero-order valence-corrected chi connectivity index (χ0v) is 17.0. The molecule has 0 spiro atoms. The Labute approximate surface area is 167 Å². The molecule has 0 saturated heterocycles. The van der Waals surface area contributed by atoms with Crippen LogP contribution in [0.15, 0.2) is 64.0 Å². The van der Waals surface area contributed by atoms with E-state index in [2.05, 4.69) is 34.4 Å². The largest absolute Gasteiger partial charge is 0.496 e. The number of aryl methyl sites for hydroxylation is 1. The lowest BCUT2D eigenvalue weighted by atomic mass is 10.1. The van der Waals surface area contributed by atoms with Crippen molar-refractivity contribution in [2.75, 3.05) is 13.7 Å². The van der Waals surface area contributed by atoms with Gasteiger partial charge in [0.25, 0.3) is 0 Å². The van der Waals surface area contributed by atoms with Gasteiger partial charge in [-0.1, -0.05) is 30.3 Å². The number of benzene rings is 2. The maximum atomic E-state index is 5.55. The maximum absolute atomic E-state index is 5.55. The van der Waals surface area contributed by atoms with Crippen molar-refractivity contribution < 1.29 is 4.74 Å². The first-order chi connectivity index (χ1) is 13.7. The van der Waals surface area contributed by atoms with Gasteiger partial charge in [0, 0.05) is 39.6 Å². The quantitative estimate of drug-likeness (QED) is 0.488. The van der Waals surface area contributed by atoms with Crippen LogP contribution in [0.3, 0.4) is 0 Å². The molecule has 1 N–H and O–H groups in total. The maximum Gasteiger partial charge on any atom is 0.206 e. The van der Waals surface area contributed by atoms with Gasteiger partial charge in [-0.25, -0.2) is 4.68 Å². The molecular weight excluding hydrogens is 368 g/mol. The molecule has 2 aromatic heterocycles. The van der Waals surface area contributed by atoms with E-state index in [0.29, 0.717) is 6.54 Å². The van der Waals surface area contributed by atoms with E-state index in [9.17, 15) is 0 Å². The zero-order valence-electron chi connectivity index (χ0n) is 16.1. The molecule has 2 aromatic carbocycles. The Morgan fingerprint density at radius 3 is 2.75 bits per heavy atom. The summed E-state index contributed by atoms with van der Waals surface area (Å²) in [6.45, 7) is 4.80. The third-order valence-electron chi connectivity index (χ3n) is 4.61. The van der Waals surface area contributed by atoms with Gasteiger partial charge in [0.2, 0.25) is 4.80 Å². The molecule has 4 rings (SSSR count). The minimum atomic E-state index is 0.702. The van der Waals surface area contributed by atoms with E-state index < -0.39 is 0 Å². The van der Waals surface area contributed by atoms with E-state index >= 15 is 0 Å². The lowest BCUT2D eigenvalue weighted by Crippen LogP contribution is -2.12. The van der Waals surface area contributed by atoms with E-state index in [0.717, 1.165) is 44.0 Å². The van der Waals surface area contributed by atoms with Crippen LogP contribution in [-0.4, -0.2) is 29.5 Å². The smallest absolute Gasteiger partial charge is 0.206 e. The molecule has 0 aliphatic heterocycles. The minimum Gasteiger partial charge on any atom is -0.496 e. The molecule has 0 bridgehead atoms. The van der Waals surface area contributed by atoms with Gasteiger partial charge in [-0.2, -0.15) is 5.10 Å². The number of nitrogens with one attached hydrogen (secondary N) is 1. The van der Waals surface area contributed by atoms with Crippen molar-refractivity contribution in [1.82, 2.24) is 9.66 Å². The lowest BCUT2D eigenvalue weighted by molar-refractivity contribution is 0.416. The normalized spacial score (nSPS) is 12.3. The molecule has 0 unspecified atom stereocenters. The molecular formula is C22H22N4OS. The summed E-state index contributed by atoms with van der Waals surface area (Å²) in [6, 6.07) is 16.2. The average Bonchev–Trinajstić information content (AvgIpc) is 3.26. The minimum absolute atomic E-state index is 0.702. The van der Waals surface area contributed by atoms with Gasteiger partial charge in [-0.15, -0.1) is 11.3 Å². The van der Waals surface area contributed by atoms with Gasteiger partial charge in [0.1, 0.15) is 5.75 Å². The topological polar surface area (TPSA) is 54.7 Å². The molecule has 0 fully saturated rings. The molecule has 6 heteroatoms. The summed E-state index contributed by atoms with van der Waals surface area (Å²) in [5.41, 5.74) is 5.24. The number of para-hydroxylation sites is 2. The van der Waals surface area contributed by atoms with E-state index in [4.69, 9.17) is 9.84 Å². The van der Waals surface area contributed by atoms with Crippen LogP contribution in [-0.2, 0) is 0 Å². The van der Waals surface area contributed by atoms with E-state index in [1.165, 1.54) is 0 Å². The van der Waals surface area contributed by atoms with E-state index in [1.54, 1.807) is 18.4 Å². The number of hydrogen-bond acceptors (Lipinski definition) is 4. The summed E-state index contributed by atoms with van der Waals surface area (Å²) in [7, 11) is 1.69. The van der Waals surface area contributed by atoms with Crippen molar-refractivity contribution in [3.8, 4) is 17.0 Å². The number of H-pyrrole nitrogens is 1. The van der Waals surface area contributed by atoms with Gasteiger partial charge in [0.15, 0.2) is 0 Å². The zero-order chi connectivity index (χ0) is 19.5.